The molecule has 0 spiro atoms. The quantitative estimate of drug-likeness (QED) is 0.138. The van der Waals surface area contributed by atoms with Crippen LogP contribution >= 0.6 is 0 Å². The minimum atomic E-state index is 0. The van der Waals surface area contributed by atoms with E-state index in [0.29, 0.717) is 23.9 Å². The van der Waals surface area contributed by atoms with Gasteiger partial charge in [0.05, 0.1) is 0 Å². The van der Waals surface area contributed by atoms with Crippen molar-refractivity contribution in [3.8, 4) is 0 Å². The number of rotatable bonds is 12. The van der Waals surface area contributed by atoms with Gasteiger partial charge in [-0.1, -0.05) is 122 Å². The summed E-state index contributed by atoms with van der Waals surface area (Å²) < 4.78 is 0. The molecule has 198 valence electrons. The normalized spacial score (nSPS) is 13.2. The number of nitrogens with zero attached hydrogens (tertiary/aromatic N) is 4. The average molecular weight is 556 g/mol. The predicted molar refractivity (Wildman–Crippen MR) is 143 cm³/mol. The molecule has 0 rings (SSSR count). The van der Waals surface area contributed by atoms with E-state index < -0.39 is 0 Å². The van der Waals surface area contributed by atoms with Gasteiger partial charge in [-0.2, -0.15) is 0 Å². The van der Waals surface area contributed by atoms with E-state index in [1.54, 1.807) is 0 Å². The van der Waals surface area contributed by atoms with Crippen molar-refractivity contribution in [1.82, 2.24) is 0 Å². The third-order valence-electron chi connectivity index (χ3n) is 4.79. The monoisotopic (exact) mass is 556 g/mol. The van der Waals surface area contributed by atoms with Crippen molar-refractivity contribution in [2.75, 3.05) is 0 Å². The van der Waals surface area contributed by atoms with E-state index in [2.05, 4.69) is 121 Å². The van der Waals surface area contributed by atoms with E-state index in [0.717, 1.165) is 12.8 Å². The minimum Gasteiger partial charge on any atom is -0.675 e. The number of hydrogen-bond donors (Lipinski definition) is 0. The van der Waals surface area contributed by atoms with Crippen molar-refractivity contribution in [3.05, 3.63) is 21.3 Å². The molecule has 2 unspecified atom stereocenters. The fourth-order valence-corrected chi connectivity index (χ4v) is 2.22. The summed E-state index contributed by atoms with van der Waals surface area (Å²) in [5, 5.41) is 18.9. The number of carbonyl (C=O) groups excluding carboxylic acids is 2. The zero-order chi connectivity index (χ0) is 26.7. The maximum absolute atomic E-state index is 7.75. The Balaban J connectivity index is -0.000000134. The second-order valence-electron chi connectivity index (χ2n) is 10.4. The minimum absolute atomic E-state index is 0. The Morgan fingerprint density at radius 1 is 0.576 bits per heavy atom. The predicted octanol–water partition coefficient (Wildman–Crippen LogP) is 8.08. The third-order valence-corrected chi connectivity index (χ3v) is 4.79. The van der Waals surface area contributed by atoms with E-state index in [4.69, 9.17) is 20.2 Å². The molecule has 0 fully saturated rings. The zero-order valence-electron chi connectivity index (χ0n) is 24.0. The molecule has 0 aromatic rings. The van der Waals surface area contributed by atoms with Crippen LogP contribution in [0.2, 0.25) is 0 Å². The van der Waals surface area contributed by atoms with Crippen LogP contribution in [0.3, 0.4) is 0 Å². The summed E-state index contributed by atoms with van der Waals surface area (Å²) in [6, 6.07) is 0.748. The summed E-state index contributed by atoms with van der Waals surface area (Å²) in [6.07, 6.45) is 2.46. The van der Waals surface area contributed by atoms with Gasteiger partial charge < -0.3 is 30.9 Å². The Labute approximate surface area is 220 Å². The van der Waals surface area contributed by atoms with Gasteiger partial charge in [0.1, 0.15) is 0 Å². The molecule has 2 atom stereocenters. The fraction of sp³-hybridized carbons (Fsp3) is 0.923. The third kappa shape index (κ3) is 27.9. The smallest absolute Gasteiger partial charge is 0.675 e. The molecule has 6 nitrogen and oxygen atoms in total. The first-order chi connectivity index (χ1) is 14.6. The second-order valence-corrected chi connectivity index (χ2v) is 10.4. The van der Waals surface area contributed by atoms with Crippen molar-refractivity contribution in [1.29, 1.82) is 0 Å². The molecule has 0 N–H and O–H groups in total. The standard InChI is InChI=1S/2C12H26N2.2CHO.Ru/c2*1-8-12(6,7)14-11(9(2)3)13-10(4)5;2*1-2;/h2*9-11H,8H2,1-7H3;2*1H;/q2*-2;2*-1;+6. The van der Waals surface area contributed by atoms with E-state index in [1.807, 2.05) is 0 Å². The van der Waals surface area contributed by atoms with E-state index in [-0.39, 0.29) is 42.9 Å². The molecule has 0 amide bonds. The van der Waals surface area contributed by atoms with Gasteiger partial charge in [0.2, 0.25) is 0 Å². The molecule has 0 saturated carbocycles. The molecule has 0 heterocycles. The van der Waals surface area contributed by atoms with E-state index in [9.17, 15) is 0 Å². The fourth-order valence-electron chi connectivity index (χ4n) is 2.22. The summed E-state index contributed by atoms with van der Waals surface area (Å²) in [4.78, 5) is 15.5. The van der Waals surface area contributed by atoms with Gasteiger partial charge in [0, 0.05) is 0 Å². The Morgan fingerprint density at radius 3 is 0.909 bits per heavy atom. The number of hydrogen-bond acceptors (Lipinski definition) is 2. The molecule has 0 aliphatic carbocycles. The molecule has 7 heteroatoms. The van der Waals surface area contributed by atoms with Gasteiger partial charge in [0.25, 0.3) is 0 Å². The van der Waals surface area contributed by atoms with Gasteiger partial charge in [-0.05, 0) is 0 Å². The Hall–Kier alpha value is -0.197. The summed E-state index contributed by atoms with van der Waals surface area (Å²) >= 11 is 0. The largest absolute Gasteiger partial charge is 6.00 e. The SMILES string of the molecule is CCC(C)(C)[N-]C([N-]C(C)C)C(C)C.CCC(C)(C)[N-]C([N-]C(C)C)C(C)C.[CH-]=O.[CH-]=O.[Ru+6]. The van der Waals surface area contributed by atoms with Crippen molar-refractivity contribution in [2.45, 2.75) is 145 Å². The van der Waals surface area contributed by atoms with Crippen LogP contribution in [-0.2, 0) is 29.1 Å². The summed E-state index contributed by atoms with van der Waals surface area (Å²) in [6.45, 7) is 36.8. The average Bonchev–Trinajstić information content (AvgIpc) is 2.69. The van der Waals surface area contributed by atoms with Crippen LogP contribution in [0.25, 0.3) is 21.3 Å². The van der Waals surface area contributed by atoms with Gasteiger partial charge in [0.15, 0.2) is 0 Å². The molecular weight excluding hydrogens is 501 g/mol. The molecule has 0 aliphatic heterocycles. The van der Waals surface area contributed by atoms with Gasteiger partial charge in [-0.15, -0.1) is 23.2 Å². The van der Waals surface area contributed by atoms with Gasteiger partial charge in [-0.3, -0.25) is 13.6 Å². The van der Waals surface area contributed by atoms with Crippen molar-refractivity contribution in [2.24, 2.45) is 11.8 Å². The van der Waals surface area contributed by atoms with Crippen LogP contribution in [0.1, 0.15) is 110 Å². The first-order valence-electron chi connectivity index (χ1n) is 11.9. The summed E-state index contributed by atoms with van der Waals surface area (Å²) in [7, 11) is 0. The van der Waals surface area contributed by atoms with Crippen molar-refractivity contribution < 1.29 is 29.1 Å². The Morgan fingerprint density at radius 2 is 0.788 bits per heavy atom. The first-order valence-corrected chi connectivity index (χ1v) is 11.9. The van der Waals surface area contributed by atoms with E-state index in [1.165, 1.54) is 0 Å². The molecule has 0 radical (unpaired) electrons. The van der Waals surface area contributed by atoms with Crippen molar-refractivity contribution in [3.63, 3.8) is 0 Å². The molecule has 0 aromatic heterocycles. The molecule has 0 aromatic carbocycles. The van der Waals surface area contributed by atoms with Crippen LogP contribution in [0.15, 0.2) is 0 Å². The maximum Gasteiger partial charge on any atom is 6.00 e. The van der Waals surface area contributed by atoms with Crippen LogP contribution < -0.4 is 0 Å². The first kappa shape index (κ1) is 42.9. The van der Waals surface area contributed by atoms with Crippen LogP contribution in [0.5, 0.6) is 0 Å². The maximum atomic E-state index is 7.75. The zero-order valence-corrected chi connectivity index (χ0v) is 25.7. The Bertz CT molecular complexity index is 379. The summed E-state index contributed by atoms with van der Waals surface area (Å²) in [5.74, 6) is 1.01. The van der Waals surface area contributed by atoms with E-state index >= 15 is 0 Å². The van der Waals surface area contributed by atoms with Gasteiger partial charge in [-0.25, -0.2) is 12.3 Å². The van der Waals surface area contributed by atoms with Crippen molar-refractivity contribution >= 4 is 13.6 Å². The van der Waals surface area contributed by atoms with Crippen LogP contribution in [0, 0.1) is 11.8 Å². The molecule has 33 heavy (non-hydrogen) atoms. The topological polar surface area (TPSA) is 90.5 Å². The molecule has 0 bridgehead atoms. The second kappa shape index (κ2) is 23.5. The van der Waals surface area contributed by atoms with Gasteiger partial charge >= 0.3 is 19.5 Å². The summed E-state index contributed by atoms with van der Waals surface area (Å²) in [5.41, 5.74) is 0.126. The molecule has 0 saturated heterocycles. The molecule has 0 aliphatic rings. The molecular formula is C26H54N4O2Ru. The van der Waals surface area contributed by atoms with Crippen LogP contribution in [0.4, 0.5) is 0 Å². The van der Waals surface area contributed by atoms with Crippen LogP contribution in [-0.4, -0.2) is 49.1 Å². The Kier molecular flexibility index (Phi) is 30.6.